The number of halogens is 1. The second-order valence-corrected chi connectivity index (χ2v) is 6.88. The van der Waals surface area contributed by atoms with E-state index in [-0.39, 0.29) is 11.7 Å². The van der Waals surface area contributed by atoms with Crippen LogP contribution in [0.25, 0.3) is 9.88 Å². The summed E-state index contributed by atoms with van der Waals surface area (Å²) in [5.74, 6) is -0.414. The normalized spacial score (nSPS) is 10.7. The highest BCUT2D eigenvalue weighted by atomic mass is 32.1. The van der Waals surface area contributed by atoms with Crippen LogP contribution in [0, 0.1) is 12.7 Å². The molecule has 1 aromatic carbocycles. The van der Waals surface area contributed by atoms with Crippen molar-refractivity contribution in [3.05, 3.63) is 58.2 Å². The van der Waals surface area contributed by atoms with Crippen molar-refractivity contribution >= 4 is 34.3 Å². The van der Waals surface area contributed by atoms with E-state index in [1.807, 2.05) is 31.4 Å². The maximum atomic E-state index is 13.1. The molecule has 2 heterocycles. The van der Waals surface area contributed by atoms with E-state index >= 15 is 0 Å². The molecule has 3 aromatic rings. The van der Waals surface area contributed by atoms with Crippen molar-refractivity contribution in [2.45, 2.75) is 13.8 Å². The van der Waals surface area contributed by atoms with Gasteiger partial charge in [0.1, 0.15) is 15.7 Å². The zero-order valence-corrected chi connectivity index (χ0v) is 14.4. The van der Waals surface area contributed by atoms with Crippen LogP contribution in [0.5, 0.6) is 0 Å². The Balaban J connectivity index is 1.94. The molecule has 0 unspecified atom stereocenters. The summed E-state index contributed by atoms with van der Waals surface area (Å²) in [6, 6.07) is 9.92. The smallest absolute Gasteiger partial charge is 0.270 e. The highest BCUT2D eigenvalue weighted by Crippen LogP contribution is 2.32. The lowest BCUT2D eigenvalue weighted by Gasteiger charge is -2.20. The predicted octanol–water partition coefficient (Wildman–Crippen LogP) is 4.99. The van der Waals surface area contributed by atoms with Gasteiger partial charge in [-0.1, -0.05) is 6.07 Å². The van der Waals surface area contributed by atoms with Crippen molar-refractivity contribution < 1.29 is 9.18 Å². The Morgan fingerprint density at radius 3 is 2.61 bits per heavy atom. The molecule has 6 heteroatoms. The van der Waals surface area contributed by atoms with Crippen molar-refractivity contribution in [2.24, 2.45) is 0 Å². The van der Waals surface area contributed by atoms with Crippen molar-refractivity contribution in [3.8, 4) is 9.88 Å². The summed E-state index contributed by atoms with van der Waals surface area (Å²) in [5, 5.41) is 2.85. The quantitative estimate of drug-likeness (QED) is 0.667. The minimum absolute atomic E-state index is 0.100. The largest absolute Gasteiger partial charge is 0.308 e. The first kappa shape index (κ1) is 15.8. The average Bonchev–Trinajstić information content (AvgIpc) is 3.19. The van der Waals surface area contributed by atoms with Gasteiger partial charge < -0.3 is 4.90 Å². The molecule has 3 nitrogen and oxygen atoms in total. The maximum Gasteiger partial charge on any atom is 0.270 e. The van der Waals surface area contributed by atoms with Crippen LogP contribution in [-0.4, -0.2) is 17.4 Å². The van der Waals surface area contributed by atoms with E-state index in [1.165, 1.54) is 23.5 Å². The molecule has 0 aliphatic rings. The van der Waals surface area contributed by atoms with E-state index in [0.29, 0.717) is 17.1 Å². The Kier molecular flexibility index (Phi) is 4.54. The summed E-state index contributed by atoms with van der Waals surface area (Å²) < 4.78 is 13.1. The summed E-state index contributed by atoms with van der Waals surface area (Å²) in [4.78, 5) is 20.7. The lowest BCUT2D eigenvalue weighted by molar-refractivity contribution is 0.0991. The Labute approximate surface area is 142 Å². The van der Waals surface area contributed by atoms with Gasteiger partial charge >= 0.3 is 0 Å². The average molecular weight is 346 g/mol. The van der Waals surface area contributed by atoms with Gasteiger partial charge in [-0.15, -0.1) is 22.7 Å². The van der Waals surface area contributed by atoms with Crippen molar-refractivity contribution in [1.29, 1.82) is 0 Å². The van der Waals surface area contributed by atoms with Crippen molar-refractivity contribution in [3.63, 3.8) is 0 Å². The number of rotatable bonds is 4. The van der Waals surface area contributed by atoms with Crippen LogP contribution in [0.3, 0.4) is 0 Å². The first-order valence-electron chi connectivity index (χ1n) is 7.19. The van der Waals surface area contributed by atoms with E-state index in [2.05, 4.69) is 4.98 Å². The fourth-order valence-electron chi connectivity index (χ4n) is 2.29. The molecule has 0 atom stereocenters. The lowest BCUT2D eigenvalue weighted by atomic mass is 10.2. The zero-order valence-electron chi connectivity index (χ0n) is 12.7. The van der Waals surface area contributed by atoms with Crippen LogP contribution in [0.2, 0.25) is 0 Å². The van der Waals surface area contributed by atoms with Gasteiger partial charge in [-0.05, 0) is 49.6 Å². The van der Waals surface area contributed by atoms with Gasteiger partial charge in [-0.3, -0.25) is 4.79 Å². The molecule has 0 bridgehead atoms. The van der Waals surface area contributed by atoms with E-state index in [0.717, 1.165) is 15.6 Å². The SMILES string of the molecule is CCN(C(=O)c1sc(-c2cccs2)nc1C)c1ccc(F)cc1. The molecule has 0 aliphatic carbocycles. The molecule has 0 radical (unpaired) electrons. The van der Waals surface area contributed by atoms with Crippen LogP contribution >= 0.6 is 22.7 Å². The van der Waals surface area contributed by atoms with Gasteiger partial charge in [0.15, 0.2) is 0 Å². The van der Waals surface area contributed by atoms with E-state index in [4.69, 9.17) is 0 Å². The molecule has 0 spiro atoms. The van der Waals surface area contributed by atoms with Crippen molar-refractivity contribution in [1.82, 2.24) is 4.98 Å². The highest BCUT2D eigenvalue weighted by Gasteiger charge is 2.22. The first-order chi connectivity index (χ1) is 11.1. The molecule has 0 saturated carbocycles. The molecular formula is C17H15FN2OS2. The number of thiazole rings is 1. The second kappa shape index (κ2) is 6.60. The number of hydrogen-bond donors (Lipinski definition) is 0. The number of benzene rings is 1. The molecular weight excluding hydrogens is 331 g/mol. The van der Waals surface area contributed by atoms with Crippen LogP contribution in [0.1, 0.15) is 22.3 Å². The summed E-state index contributed by atoms with van der Waals surface area (Å²) in [5.41, 5.74) is 1.41. The molecule has 0 fully saturated rings. The van der Waals surface area contributed by atoms with Gasteiger partial charge in [0.05, 0.1) is 10.6 Å². The third-order valence-corrected chi connectivity index (χ3v) is 5.61. The number of carbonyl (C=O) groups is 1. The standard InChI is InChI=1S/C17H15FN2OS2/c1-3-20(13-8-6-12(18)7-9-13)17(21)15-11(2)19-16(23-15)14-5-4-10-22-14/h4-10H,3H2,1-2H3. The molecule has 0 aliphatic heterocycles. The minimum atomic E-state index is -0.314. The molecule has 0 saturated heterocycles. The number of anilines is 1. The van der Waals surface area contributed by atoms with Gasteiger partial charge in [0.2, 0.25) is 0 Å². The summed E-state index contributed by atoms with van der Waals surface area (Å²) in [6.45, 7) is 4.26. The van der Waals surface area contributed by atoms with Gasteiger partial charge in [0.25, 0.3) is 5.91 Å². The number of amides is 1. The Morgan fingerprint density at radius 1 is 1.26 bits per heavy atom. The Bertz CT molecular complexity index is 810. The highest BCUT2D eigenvalue weighted by molar-refractivity contribution is 7.22. The minimum Gasteiger partial charge on any atom is -0.308 e. The topological polar surface area (TPSA) is 33.2 Å². The van der Waals surface area contributed by atoms with Crippen LogP contribution in [-0.2, 0) is 0 Å². The summed E-state index contributed by atoms with van der Waals surface area (Å²) in [7, 11) is 0. The number of nitrogens with zero attached hydrogens (tertiary/aromatic N) is 2. The van der Waals surface area contributed by atoms with Crippen molar-refractivity contribution in [2.75, 3.05) is 11.4 Å². The van der Waals surface area contributed by atoms with Gasteiger partial charge in [0, 0.05) is 12.2 Å². The lowest BCUT2D eigenvalue weighted by Crippen LogP contribution is -2.30. The molecule has 0 N–H and O–H groups in total. The van der Waals surface area contributed by atoms with E-state index in [9.17, 15) is 9.18 Å². The Hall–Kier alpha value is -2.05. The number of hydrogen-bond acceptors (Lipinski definition) is 4. The van der Waals surface area contributed by atoms with Crippen LogP contribution in [0.15, 0.2) is 41.8 Å². The zero-order chi connectivity index (χ0) is 16.4. The first-order valence-corrected chi connectivity index (χ1v) is 8.88. The maximum absolute atomic E-state index is 13.1. The third-order valence-electron chi connectivity index (χ3n) is 3.42. The number of aryl methyl sites for hydroxylation is 1. The third kappa shape index (κ3) is 3.18. The number of aromatic nitrogens is 1. The molecule has 1 amide bonds. The fraction of sp³-hybridized carbons (Fsp3) is 0.176. The van der Waals surface area contributed by atoms with Gasteiger partial charge in [-0.2, -0.15) is 0 Å². The number of carbonyl (C=O) groups excluding carboxylic acids is 1. The molecule has 23 heavy (non-hydrogen) atoms. The summed E-state index contributed by atoms with van der Waals surface area (Å²) in [6.07, 6.45) is 0. The Morgan fingerprint density at radius 2 is 2.00 bits per heavy atom. The van der Waals surface area contributed by atoms with E-state index in [1.54, 1.807) is 28.4 Å². The molecule has 118 valence electrons. The fourth-order valence-corrected chi connectivity index (χ4v) is 4.10. The molecule has 3 rings (SSSR count). The monoisotopic (exact) mass is 346 g/mol. The van der Waals surface area contributed by atoms with Crippen LogP contribution < -0.4 is 4.90 Å². The molecule has 2 aromatic heterocycles. The van der Waals surface area contributed by atoms with E-state index < -0.39 is 0 Å². The summed E-state index contributed by atoms with van der Waals surface area (Å²) >= 11 is 3.00. The van der Waals surface area contributed by atoms with Crippen LogP contribution in [0.4, 0.5) is 10.1 Å². The second-order valence-electron chi connectivity index (χ2n) is 4.94. The van der Waals surface area contributed by atoms with Gasteiger partial charge in [-0.25, -0.2) is 9.37 Å². The number of thiophene rings is 1. The predicted molar refractivity (Wildman–Crippen MR) is 93.9 cm³/mol.